The third-order valence-corrected chi connectivity index (χ3v) is 7.83. The van der Waals surface area contributed by atoms with Crippen LogP contribution in [0, 0.1) is 11.8 Å². The Bertz CT molecular complexity index is 1640. The van der Waals surface area contributed by atoms with Gasteiger partial charge in [-0.25, -0.2) is 0 Å². The van der Waals surface area contributed by atoms with Gasteiger partial charge in [-0.1, -0.05) is 47.0 Å². The lowest BCUT2D eigenvalue weighted by molar-refractivity contribution is -0.119. The van der Waals surface area contributed by atoms with Crippen molar-refractivity contribution < 1.29 is 29.3 Å². The van der Waals surface area contributed by atoms with E-state index < -0.39 is 0 Å². The molecule has 0 spiro atoms. The van der Waals surface area contributed by atoms with Gasteiger partial charge in [0.15, 0.2) is 11.4 Å². The van der Waals surface area contributed by atoms with Crippen molar-refractivity contribution in [2.45, 2.75) is 85.7 Å². The molecule has 252 valence electrons. The van der Waals surface area contributed by atoms with Gasteiger partial charge >= 0.3 is 0 Å². The highest BCUT2D eigenvalue weighted by atomic mass is 16.5. The molecule has 2 amide bonds. The maximum absolute atomic E-state index is 12.5. The molecule has 47 heavy (non-hydrogen) atoms. The van der Waals surface area contributed by atoms with Crippen LogP contribution in [-0.2, 0) is 22.7 Å². The summed E-state index contributed by atoms with van der Waals surface area (Å²) in [7, 11) is 3.14. The van der Waals surface area contributed by atoms with Crippen molar-refractivity contribution in [2.24, 2.45) is 32.3 Å². The van der Waals surface area contributed by atoms with E-state index >= 15 is 0 Å². The SMILES string of the molecule is COc1ccc2c(c1)c(N=NC(=O)CCCCCCCC(=O)N=Nc1c(O)n(CC(C)C)c3ccc(OC)cc13)c(O)n2CC(C)C. The Labute approximate surface area is 275 Å². The summed E-state index contributed by atoms with van der Waals surface area (Å²) in [6.07, 6.45) is 4.22. The number of carbonyl (C=O) groups is 2. The first kappa shape index (κ1) is 35.1. The summed E-state index contributed by atoms with van der Waals surface area (Å²) in [5.41, 5.74) is 2.11. The number of ether oxygens (including phenoxy) is 2. The molecule has 0 aliphatic carbocycles. The number of fused-ring (bicyclic) bond motifs is 2. The van der Waals surface area contributed by atoms with E-state index in [0.29, 0.717) is 60.0 Å². The second kappa shape index (κ2) is 16.2. The summed E-state index contributed by atoms with van der Waals surface area (Å²) < 4.78 is 14.2. The van der Waals surface area contributed by atoms with Crippen LogP contribution in [0.5, 0.6) is 23.3 Å². The van der Waals surface area contributed by atoms with Gasteiger partial charge in [0.1, 0.15) is 11.5 Å². The minimum atomic E-state index is -0.358. The van der Waals surface area contributed by atoms with Crippen molar-refractivity contribution in [3.63, 3.8) is 0 Å². The maximum atomic E-state index is 12.5. The number of aromatic hydroxyl groups is 2. The van der Waals surface area contributed by atoms with E-state index in [-0.39, 0.29) is 47.8 Å². The Morgan fingerprint density at radius 2 is 1.04 bits per heavy atom. The van der Waals surface area contributed by atoms with Crippen LogP contribution in [0.2, 0.25) is 0 Å². The second-order valence-corrected chi connectivity index (χ2v) is 12.6. The van der Waals surface area contributed by atoms with E-state index in [4.69, 9.17) is 9.47 Å². The van der Waals surface area contributed by atoms with Crippen LogP contribution in [0.4, 0.5) is 11.4 Å². The molecule has 4 rings (SSSR count). The first-order chi connectivity index (χ1) is 22.5. The quantitative estimate of drug-likeness (QED) is 0.0915. The summed E-state index contributed by atoms with van der Waals surface area (Å²) in [4.78, 5) is 24.9. The van der Waals surface area contributed by atoms with Gasteiger partial charge in [-0.2, -0.15) is 0 Å². The number of methoxy groups -OCH3 is 2. The summed E-state index contributed by atoms with van der Waals surface area (Å²) in [6.45, 7) is 9.42. The third-order valence-electron chi connectivity index (χ3n) is 7.83. The molecule has 0 unspecified atom stereocenters. The molecule has 0 aliphatic rings. The third kappa shape index (κ3) is 8.75. The molecule has 12 heteroatoms. The summed E-state index contributed by atoms with van der Waals surface area (Å²) in [5, 5.41) is 39.1. The van der Waals surface area contributed by atoms with Crippen molar-refractivity contribution in [3.8, 4) is 23.3 Å². The van der Waals surface area contributed by atoms with Crippen LogP contribution in [0.1, 0.15) is 72.6 Å². The number of aromatic nitrogens is 2. The normalized spacial score (nSPS) is 12.1. The first-order valence-corrected chi connectivity index (χ1v) is 16.2. The predicted molar refractivity (Wildman–Crippen MR) is 181 cm³/mol. The van der Waals surface area contributed by atoms with Crippen LogP contribution in [-0.4, -0.2) is 45.4 Å². The molecule has 2 N–H and O–H groups in total. The lowest BCUT2D eigenvalue weighted by atomic mass is 10.1. The lowest BCUT2D eigenvalue weighted by Crippen LogP contribution is -2.03. The van der Waals surface area contributed by atoms with Gasteiger partial charge in [0.2, 0.25) is 11.8 Å². The van der Waals surface area contributed by atoms with Crippen LogP contribution in [0.25, 0.3) is 21.8 Å². The van der Waals surface area contributed by atoms with Crippen molar-refractivity contribution >= 4 is 45.0 Å². The second-order valence-electron chi connectivity index (χ2n) is 12.6. The number of hydrogen-bond donors (Lipinski definition) is 2. The van der Waals surface area contributed by atoms with E-state index in [2.05, 4.69) is 48.2 Å². The van der Waals surface area contributed by atoms with Crippen LogP contribution in [0.3, 0.4) is 0 Å². The molecule has 4 aromatic rings. The molecule has 2 heterocycles. The van der Waals surface area contributed by atoms with Crippen LogP contribution < -0.4 is 9.47 Å². The number of hydrogen-bond acceptors (Lipinski definition) is 8. The molecule has 2 aromatic carbocycles. The molecule has 0 saturated heterocycles. The van der Waals surface area contributed by atoms with Crippen LogP contribution in [0.15, 0.2) is 56.9 Å². The fourth-order valence-electron chi connectivity index (χ4n) is 5.55. The first-order valence-electron chi connectivity index (χ1n) is 16.2. The number of unbranched alkanes of at least 4 members (excludes halogenated alkanes) is 4. The molecular formula is C35H46N6O6. The monoisotopic (exact) mass is 646 g/mol. The number of carbonyl (C=O) groups excluding carboxylic acids is 2. The Hall–Kier alpha value is -4.74. The zero-order valence-corrected chi connectivity index (χ0v) is 28.2. The lowest BCUT2D eigenvalue weighted by Gasteiger charge is -2.09. The Balaban J connectivity index is 1.24. The topological polar surface area (TPSA) is 152 Å². The molecule has 0 bridgehead atoms. The summed E-state index contributed by atoms with van der Waals surface area (Å²) >= 11 is 0. The van der Waals surface area contributed by atoms with Crippen molar-refractivity contribution in [2.75, 3.05) is 14.2 Å². The molecule has 0 atom stereocenters. The van der Waals surface area contributed by atoms with Gasteiger partial charge in [0.05, 0.1) is 25.3 Å². The van der Waals surface area contributed by atoms with E-state index in [1.807, 2.05) is 24.3 Å². The van der Waals surface area contributed by atoms with Gasteiger partial charge in [-0.15, -0.1) is 20.5 Å². The highest BCUT2D eigenvalue weighted by Gasteiger charge is 2.20. The molecule has 0 saturated carbocycles. The average molecular weight is 647 g/mol. The Morgan fingerprint density at radius 1 is 0.660 bits per heavy atom. The predicted octanol–water partition coefficient (Wildman–Crippen LogP) is 8.99. The van der Waals surface area contributed by atoms with E-state index in [9.17, 15) is 19.8 Å². The summed E-state index contributed by atoms with van der Waals surface area (Å²) in [5.74, 6) is 1.06. The van der Waals surface area contributed by atoms with Gasteiger partial charge in [-0.3, -0.25) is 9.59 Å². The van der Waals surface area contributed by atoms with E-state index in [1.165, 1.54) is 0 Å². The molecule has 0 radical (unpaired) electrons. The Morgan fingerprint density at radius 3 is 1.40 bits per heavy atom. The van der Waals surface area contributed by atoms with Gasteiger partial charge < -0.3 is 28.8 Å². The number of azo groups is 2. The fourth-order valence-corrected chi connectivity index (χ4v) is 5.55. The van der Waals surface area contributed by atoms with Gasteiger partial charge in [0, 0.05) is 36.7 Å². The number of nitrogens with zero attached hydrogens (tertiary/aromatic N) is 6. The molecule has 12 nitrogen and oxygen atoms in total. The standard InChI is InChI=1S/C35H46N6O6/c1-22(2)20-40-28-16-14-24(46-5)18-26(28)32(34(40)44)38-36-30(42)12-10-8-7-9-11-13-31(43)37-39-33-27-19-25(47-6)15-17-29(27)41(35(33)45)21-23(3)4/h14-19,22-23,44-45H,7-13,20-21H2,1-6H3. The van der Waals surface area contributed by atoms with Crippen molar-refractivity contribution in [3.05, 3.63) is 36.4 Å². The van der Waals surface area contributed by atoms with E-state index in [1.54, 1.807) is 35.5 Å². The maximum Gasteiger partial charge on any atom is 0.264 e. The number of benzene rings is 2. The van der Waals surface area contributed by atoms with Crippen LogP contribution >= 0.6 is 0 Å². The smallest absolute Gasteiger partial charge is 0.264 e. The fraction of sp³-hybridized carbons (Fsp3) is 0.486. The zero-order valence-electron chi connectivity index (χ0n) is 28.2. The highest BCUT2D eigenvalue weighted by molar-refractivity contribution is 5.97. The molecule has 0 fully saturated rings. The minimum Gasteiger partial charge on any atom is -0.497 e. The Kier molecular flexibility index (Phi) is 12.1. The van der Waals surface area contributed by atoms with Gasteiger partial charge in [-0.05, 0) is 61.1 Å². The van der Waals surface area contributed by atoms with Crippen molar-refractivity contribution in [1.29, 1.82) is 0 Å². The molecule has 0 aliphatic heterocycles. The number of amides is 2. The minimum absolute atomic E-state index is 0.0255. The summed E-state index contributed by atoms with van der Waals surface area (Å²) in [6, 6.07) is 10.9. The molecule has 2 aromatic heterocycles. The average Bonchev–Trinajstić information content (AvgIpc) is 3.45. The van der Waals surface area contributed by atoms with E-state index in [0.717, 1.165) is 30.3 Å². The van der Waals surface area contributed by atoms with Crippen molar-refractivity contribution in [1.82, 2.24) is 9.13 Å². The molecular weight excluding hydrogens is 600 g/mol. The number of rotatable bonds is 16. The van der Waals surface area contributed by atoms with Gasteiger partial charge in [0.25, 0.3) is 11.8 Å². The zero-order chi connectivity index (χ0) is 34.1. The highest BCUT2D eigenvalue weighted by Crippen LogP contribution is 2.42. The largest absolute Gasteiger partial charge is 0.497 e.